The Labute approximate surface area is 109 Å². The highest BCUT2D eigenvalue weighted by Gasteiger charge is 2.36. The van der Waals surface area contributed by atoms with Gasteiger partial charge in [0, 0.05) is 44.5 Å². The number of rotatable bonds is 7. The largest absolute Gasteiger partial charge is 0.383 e. The van der Waals surface area contributed by atoms with Crippen LogP contribution in [0.2, 0.25) is 0 Å². The lowest BCUT2D eigenvalue weighted by Crippen LogP contribution is -2.42. The Hall–Kier alpha value is -0.910. The predicted molar refractivity (Wildman–Crippen MR) is 71.2 cm³/mol. The Morgan fingerprint density at radius 2 is 2.33 bits per heavy atom. The fraction of sp³-hybridized carbons (Fsp3) is 0.769. The molecular weight excluding hydrogens is 228 g/mol. The molecule has 1 aliphatic carbocycles. The van der Waals surface area contributed by atoms with Gasteiger partial charge in [0.05, 0.1) is 18.8 Å². The first kappa shape index (κ1) is 13.5. The number of hydrogen-bond donors (Lipinski definition) is 1. The molecule has 1 fully saturated rings. The molecule has 2 atom stereocenters. The fourth-order valence-corrected chi connectivity index (χ4v) is 2.54. The number of ether oxygens (including phenoxy) is 1. The second-order valence-corrected chi connectivity index (χ2v) is 5.21. The maximum Gasteiger partial charge on any atom is 0.0590 e. The van der Waals surface area contributed by atoms with E-state index in [1.54, 1.807) is 7.11 Å². The van der Waals surface area contributed by atoms with Crippen LogP contribution < -0.4 is 5.73 Å². The van der Waals surface area contributed by atoms with E-state index < -0.39 is 0 Å². The molecule has 18 heavy (non-hydrogen) atoms. The lowest BCUT2D eigenvalue weighted by Gasteiger charge is -2.33. The summed E-state index contributed by atoms with van der Waals surface area (Å²) in [7, 11) is 3.69. The Kier molecular flexibility index (Phi) is 4.37. The molecule has 5 nitrogen and oxygen atoms in total. The molecule has 0 amide bonds. The van der Waals surface area contributed by atoms with Gasteiger partial charge in [0.25, 0.3) is 0 Å². The van der Waals surface area contributed by atoms with Crippen LogP contribution in [0.3, 0.4) is 0 Å². The summed E-state index contributed by atoms with van der Waals surface area (Å²) >= 11 is 0. The molecule has 0 bridgehead atoms. The number of aromatic nitrogens is 2. The van der Waals surface area contributed by atoms with Gasteiger partial charge in [-0.2, -0.15) is 5.10 Å². The van der Waals surface area contributed by atoms with E-state index in [1.807, 2.05) is 17.9 Å². The predicted octanol–water partition coefficient (Wildman–Crippen LogP) is 0.919. The van der Waals surface area contributed by atoms with Crippen molar-refractivity contribution in [1.29, 1.82) is 0 Å². The molecule has 102 valence electrons. The maximum atomic E-state index is 6.20. The van der Waals surface area contributed by atoms with Gasteiger partial charge in [0.1, 0.15) is 0 Å². The van der Waals surface area contributed by atoms with Crippen molar-refractivity contribution in [2.24, 2.45) is 12.8 Å². The summed E-state index contributed by atoms with van der Waals surface area (Å²) in [5, 5.41) is 4.27. The summed E-state index contributed by atoms with van der Waals surface area (Å²) in [5.41, 5.74) is 7.40. The van der Waals surface area contributed by atoms with Crippen LogP contribution >= 0.6 is 0 Å². The van der Waals surface area contributed by atoms with Gasteiger partial charge in [-0.3, -0.25) is 9.58 Å². The standard InChI is InChI=1S/C13H24N4O/c1-10(14)13(11-8-15-16(2)9-11)17(6-7-18-3)12-4-5-12/h8-10,12-13H,4-7,14H2,1-3H3. The Morgan fingerprint density at radius 1 is 1.61 bits per heavy atom. The number of hydrogen-bond acceptors (Lipinski definition) is 4. The molecule has 1 saturated carbocycles. The van der Waals surface area contributed by atoms with E-state index in [0.717, 1.165) is 13.2 Å². The number of aryl methyl sites for hydroxylation is 1. The quantitative estimate of drug-likeness (QED) is 0.784. The molecule has 5 heteroatoms. The number of nitrogens with two attached hydrogens (primary N) is 1. The van der Waals surface area contributed by atoms with Gasteiger partial charge < -0.3 is 10.5 Å². The van der Waals surface area contributed by atoms with Crippen LogP contribution in [-0.2, 0) is 11.8 Å². The third kappa shape index (κ3) is 3.10. The summed E-state index contributed by atoms with van der Waals surface area (Å²) in [5.74, 6) is 0. The van der Waals surface area contributed by atoms with Gasteiger partial charge in [0.15, 0.2) is 0 Å². The highest BCUT2D eigenvalue weighted by atomic mass is 16.5. The van der Waals surface area contributed by atoms with Crippen molar-refractivity contribution < 1.29 is 4.74 Å². The van der Waals surface area contributed by atoms with Crippen molar-refractivity contribution in [3.63, 3.8) is 0 Å². The summed E-state index contributed by atoms with van der Waals surface area (Å²) in [6.07, 6.45) is 6.53. The first-order valence-electron chi connectivity index (χ1n) is 6.62. The van der Waals surface area contributed by atoms with Crippen LogP contribution in [0.15, 0.2) is 12.4 Å². The zero-order valence-electron chi connectivity index (χ0n) is 11.5. The van der Waals surface area contributed by atoms with E-state index >= 15 is 0 Å². The molecule has 0 spiro atoms. The Balaban J connectivity index is 2.15. The minimum Gasteiger partial charge on any atom is -0.383 e. The summed E-state index contributed by atoms with van der Waals surface area (Å²) < 4.78 is 7.06. The van der Waals surface area contributed by atoms with Crippen molar-refractivity contribution >= 4 is 0 Å². The molecule has 0 saturated heterocycles. The van der Waals surface area contributed by atoms with Crippen molar-refractivity contribution in [2.45, 2.75) is 37.9 Å². The zero-order chi connectivity index (χ0) is 13.1. The SMILES string of the molecule is COCCN(C1CC1)C(c1cnn(C)c1)C(C)N. The van der Waals surface area contributed by atoms with E-state index in [1.165, 1.54) is 18.4 Å². The van der Waals surface area contributed by atoms with Crippen molar-refractivity contribution in [1.82, 2.24) is 14.7 Å². The van der Waals surface area contributed by atoms with Gasteiger partial charge >= 0.3 is 0 Å². The van der Waals surface area contributed by atoms with Gasteiger partial charge in [-0.05, 0) is 19.8 Å². The van der Waals surface area contributed by atoms with Crippen LogP contribution in [0.25, 0.3) is 0 Å². The molecule has 0 aromatic carbocycles. The third-order valence-corrected chi connectivity index (χ3v) is 3.49. The maximum absolute atomic E-state index is 6.20. The first-order chi connectivity index (χ1) is 8.63. The Morgan fingerprint density at radius 3 is 2.78 bits per heavy atom. The third-order valence-electron chi connectivity index (χ3n) is 3.49. The minimum absolute atomic E-state index is 0.0895. The lowest BCUT2D eigenvalue weighted by molar-refractivity contribution is 0.104. The van der Waals surface area contributed by atoms with E-state index in [9.17, 15) is 0 Å². The topological polar surface area (TPSA) is 56.3 Å². The molecule has 1 aromatic heterocycles. The second kappa shape index (κ2) is 5.82. The van der Waals surface area contributed by atoms with Crippen LogP contribution in [0.5, 0.6) is 0 Å². The molecule has 2 N–H and O–H groups in total. The fourth-order valence-electron chi connectivity index (χ4n) is 2.54. The summed E-state index contributed by atoms with van der Waals surface area (Å²) in [4.78, 5) is 2.48. The molecular formula is C13H24N4O. The highest BCUT2D eigenvalue weighted by Crippen LogP contribution is 2.35. The summed E-state index contributed by atoms with van der Waals surface area (Å²) in [6.45, 7) is 3.75. The van der Waals surface area contributed by atoms with E-state index in [2.05, 4.69) is 23.1 Å². The number of methoxy groups -OCH3 is 1. The van der Waals surface area contributed by atoms with Crippen molar-refractivity contribution in [3.8, 4) is 0 Å². The van der Waals surface area contributed by atoms with Gasteiger partial charge in [-0.1, -0.05) is 0 Å². The van der Waals surface area contributed by atoms with E-state index in [-0.39, 0.29) is 12.1 Å². The monoisotopic (exact) mass is 252 g/mol. The second-order valence-electron chi connectivity index (χ2n) is 5.21. The van der Waals surface area contributed by atoms with E-state index in [4.69, 9.17) is 10.5 Å². The van der Waals surface area contributed by atoms with Crippen LogP contribution in [0.1, 0.15) is 31.4 Å². The van der Waals surface area contributed by atoms with Crippen molar-refractivity contribution in [2.75, 3.05) is 20.3 Å². The number of nitrogens with zero attached hydrogens (tertiary/aromatic N) is 3. The molecule has 2 rings (SSSR count). The van der Waals surface area contributed by atoms with Gasteiger partial charge in [0.2, 0.25) is 0 Å². The molecule has 1 heterocycles. The van der Waals surface area contributed by atoms with Crippen LogP contribution in [-0.4, -0.2) is 47.0 Å². The first-order valence-corrected chi connectivity index (χ1v) is 6.62. The van der Waals surface area contributed by atoms with E-state index in [0.29, 0.717) is 6.04 Å². The lowest BCUT2D eigenvalue weighted by atomic mass is 10.0. The zero-order valence-corrected chi connectivity index (χ0v) is 11.5. The highest BCUT2D eigenvalue weighted by molar-refractivity contribution is 5.14. The smallest absolute Gasteiger partial charge is 0.0590 e. The average Bonchev–Trinajstić information content (AvgIpc) is 3.07. The average molecular weight is 252 g/mol. The Bertz CT molecular complexity index is 373. The minimum atomic E-state index is 0.0895. The normalized spacial score (nSPS) is 19.2. The van der Waals surface area contributed by atoms with Crippen molar-refractivity contribution in [3.05, 3.63) is 18.0 Å². The molecule has 1 aromatic rings. The molecule has 0 radical (unpaired) electrons. The van der Waals surface area contributed by atoms with Crippen LogP contribution in [0.4, 0.5) is 0 Å². The molecule has 1 aliphatic rings. The molecule has 2 unspecified atom stereocenters. The van der Waals surface area contributed by atoms with Gasteiger partial charge in [-0.25, -0.2) is 0 Å². The molecule has 0 aliphatic heterocycles. The van der Waals surface area contributed by atoms with Gasteiger partial charge in [-0.15, -0.1) is 0 Å². The van der Waals surface area contributed by atoms with Crippen LogP contribution in [0, 0.1) is 0 Å². The summed E-state index contributed by atoms with van der Waals surface area (Å²) in [6, 6.07) is 0.990.